The van der Waals surface area contributed by atoms with Gasteiger partial charge in [0.25, 0.3) is 0 Å². The zero-order chi connectivity index (χ0) is 18.9. The van der Waals surface area contributed by atoms with E-state index < -0.39 is 0 Å². The molecule has 3 N–H and O–H groups in total. The Labute approximate surface area is 162 Å². The van der Waals surface area contributed by atoms with Crippen molar-refractivity contribution in [3.05, 3.63) is 18.7 Å². The molecule has 5 heterocycles. The SMILES string of the molecule is Nc1ncc(-c2nc(N3CCOCC3)c3ncn(CC4CCNC4)c3n2)cn1. The molecule has 0 aliphatic carbocycles. The van der Waals surface area contributed by atoms with Crippen molar-refractivity contribution >= 4 is 22.9 Å². The summed E-state index contributed by atoms with van der Waals surface area (Å²) in [5, 5.41) is 3.42. The molecule has 0 aromatic carbocycles. The van der Waals surface area contributed by atoms with Crippen molar-refractivity contribution < 1.29 is 4.74 Å². The summed E-state index contributed by atoms with van der Waals surface area (Å²) in [7, 11) is 0. The largest absolute Gasteiger partial charge is 0.378 e. The van der Waals surface area contributed by atoms with Crippen LogP contribution in [0.25, 0.3) is 22.6 Å². The van der Waals surface area contributed by atoms with Crippen LogP contribution in [0, 0.1) is 5.92 Å². The van der Waals surface area contributed by atoms with Gasteiger partial charge in [-0.05, 0) is 25.4 Å². The predicted octanol–water partition coefficient (Wildman–Crippen LogP) is 0.312. The summed E-state index contributed by atoms with van der Waals surface area (Å²) in [6.45, 7) is 5.91. The Balaban J connectivity index is 1.61. The van der Waals surface area contributed by atoms with Gasteiger partial charge in [0.05, 0.1) is 25.1 Å². The molecule has 10 nitrogen and oxygen atoms in total. The molecule has 146 valence electrons. The zero-order valence-electron chi connectivity index (χ0n) is 15.6. The zero-order valence-corrected chi connectivity index (χ0v) is 15.6. The van der Waals surface area contributed by atoms with Gasteiger partial charge in [0.2, 0.25) is 5.95 Å². The van der Waals surface area contributed by atoms with E-state index in [-0.39, 0.29) is 5.95 Å². The number of fused-ring (bicyclic) bond motifs is 1. The highest BCUT2D eigenvalue weighted by atomic mass is 16.5. The topological polar surface area (TPSA) is 120 Å². The van der Waals surface area contributed by atoms with Gasteiger partial charge >= 0.3 is 0 Å². The maximum absolute atomic E-state index is 5.64. The van der Waals surface area contributed by atoms with Crippen molar-refractivity contribution in [2.75, 3.05) is 50.0 Å². The second kappa shape index (κ2) is 7.28. The second-order valence-electron chi connectivity index (χ2n) is 7.23. The molecular weight excluding hydrogens is 358 g/mol. The smallest absolute Gasteiger partial charge is 0.219 e. The van der Waals surface area contributed by atoms with Crippen molar-refractivity contribution in [1.82, 2.24) is 34.8 Å². The number of nitrogens with one attached hydrogen (secondary N) is 1. The summed E-state index contributed by atoms with van der Waals surface area (Å²) in [5.74, 6) is 2.24. The van der Waals surface area contributed by atoms with Crippen LogP contribution in [0.4, 0.5) is 11.8 Å². The third-order valence-corrected chi connectivity index (χ3v) is 5.30. The molecule has 1 unspecified atom stereocenters. The van der Waals surface area contributed by atoms with Gasteiger partial charge in [0, 0.05) is 32.0 Å². The maximum Gasteiger partial charge on any atom is 0.219 e. The van der Waals surface area contributed by atoms with Crippen LogP contribution in [0.2, 0.25) is 0 Å². The fourth-order valence-electron chi connectivity index (χ4n) is 3.79. The van der Waals surface area contributed by atoms with Gasteiger partial charge in [0.1, 0.15) is 0 Å². The Morgan fingerprint density at radius 3 is 2.71 bits per heavy atom. The molecule has 10 heteroatoms. The van der Waals surface area contributed by atoms with Gasteiger partial charge in [-0.2, -0.15) is 0 Å². The summed E-state index contributed by atoms with van der Waals surface area (Å²) >= 11 is 0. The number of rotatable bonds is 4. The first-order chi connectivity index (χ1) is 13.8. The van der Waals surface area contributed by atoms with E-state index in [1.165, 1.54) is 6.42 Å². The number of anilines is 2. The molecule has 0 spiro atoms. The molecule has 28 heavy (non-hydrogen) atoms. The lowest BCUT2D eigenvalue weighted by Crippen LogP contribution is -2.37. The van der Waals surface area contributed by atoms with E-state index in [0.717, 1.165) is 55.3 Å². The molecule has 5 rings (SSSR count). The average molecular weight is 381 g/mol. The minimum Gasteiger partial charge on any atom is -0.378 e. The van der Waals surface area contributed by atoms with Gasteiger partial charge in [-0.25, -0.2) is 24.9 Å². The Kier molecular flexibility index (Phi) is 4.49. The Hall–Kier alpha value is -2.85. The summed E-state index contributed by atoms with van der Waals surface area (Å²) in [6.07, 6.45) is 6.37. The number of aromatic nitrogens is 6. The molecule has 0 saturated carbocycles. The van der Waals surface area contributed by atoms with Gasteiger partial charge in [0.15, 0.2) is 22.8 Å². The lowest BCUT2D eigenvalue weighted by atomic mass is 10.1. The van der Waals surface area contributed by atoms with Crippen molar-refractivity contribution in [3.63, 3.8) is 0 Å². The highest BCUT2D eigenvalue weighted by molar-refractivity contribution is 5.85. The van der Waals surface area contributed by atoms with Gasteiger partial charge in [-0.1, -0.05) is 0 Å². The monoisotopic (exact) mass is 381 g/mol. The molecule has 2 aliphatic heterocycles. The van der Waals surface area contributed by atoms with E-state index in [9.17, 15) is 0 Å². The summed E-state index contributed by atoms with van der Waals surface area (Å²) in [4.78, 5) is 24.7. The van der Waals surface area contributed by atoms with Crippen LogP contribution < -0.4 is 16.0 Å². The van der Waals surface area contributed by atoms with E-state index in [1.807, 2.05) is 6.33 Å². The second-order valence-corrected chi connectivity index (χ2v) is 7.23. The van der Waals surface area contributed by atoms with Gasteiger partial charge in [-0.15, -0.1) is 0 Å². The normalized spacial score (nSPS) is 20.1. The minimum atomic E-state index is 0.233. The first kappa shape index (κ1) is 17.3. The third kappa shape index (κ3) is 3.25. The highest BCUT2D eigenvalue weighted by Crippen LogP contribution is 2.28. The van der Waals surface area contributed by atoms with E-state index in [1.54, 1.807) is 12.4 Å². The van der Waals surface area contributed by atoms with Gasteiger partial charge < -0.3 is 25.3 Å². The molecule has 0 radical (unpaired) electrons. The molecule has 2 saturated heterocycles. The predicted molar refractivity (Wildman–Crippen MR) is 105 cm³/mol. The highest BCUT2D eigenvalue weighted by Gasteiger charge is 2.23. The van der Waals surface area contributed by atoms with Crippen LogP contribution in [-0.4, -0.2) is 68.9 Å². The van der Waals surface area contributed by atoms with E-state index in [2.05, 4.69) is 29.7 Å². The molecule has 0 bridgehead atoms. The van der Waals surface area contributed by atoms with E-state index in [4.69, 9.17) is 20.4 Å². The molecular formula is C18H23N9O. The number of hydrogen-bond acceptors (Lipinski definition) is 9. The van der Waals surface area contributed by atoms with Crippen LogP contribution in [0.5, 0.6) is 0 Å². The van der Waals surface area contributed by atoms with Crippen LogP contribution >= 0.6 is 0 Å². The number of nitrogen functional groups attached to an aromatic ring is 1. The van der Waals surface area contributed by atoms with Crippen molar-refractivity contribution in [3.8, 4) is 11.4 Å². The third-order valence-electron chi connectivity index (χ3n) is 5.30. The number of ether oxygens (including phenoxy) is 1. The van der Waals surface area contributed by atoms with E-state index in [0.29, 0.717) is 25.0 Å². The van der Waals surface area contributed by atoms with Crippen LogP contribution in [0.3, 0.4) is 0 Å². The fourth-order valence-corrected chi connectivity index (χ4v) is 3.79. The van der Waals surface area contributed by atoms with Crippen LogP contribution in [0.15, 0.2) is 18.7 Å². The Morgan fingerprint density at radius 2 is 1.96 bits per heavy atom. The fraction of sp³-hybridized carbons (Fsp3) is 0.500. The van der Waals surface area contributed by atoms with Crippen molar-refractivity contribution in [2.45, 2.75) is 13.0 Å². The molecule has 3 aromatic heterocycles. The first-order valence-electron chi connectivity index (χ1n) is 9.62. The summed E-state index contributed by atoms with van der Waals surface area (Å²) < 4.78 is 7.64. The van der Waals surface area contributed by atoms with Crippen molar-refractivity contribution in [1.29, 1.82) is 0 Å². The Bertz CT molecular complexity index is 959. The minimum absolute atomic E-state index is 0.233. The number of morpholine rings is 1. The maximum atomic E-state index is 5.64. The van der Waals surface area contributed by atoms with Crippen LogP contribution in [0.1, 0.15) is 6.42 Å². The average Bonchev–Trinajstić information content (AvgIpc) is 3.39. The lowest BCUT2D eigenvalue weighted by molar-refractivity contribution is 0.122. The molecule has 2 fully saturated rings. The quantitative estimate of drug-likeness (QED) is 0.658. The number of imidazole rings is 1. The van der Waals surface area contributed by atoms with Gasteiger partial charge in [-0.3, -0.25) is 0 Å². The van der Waals surface area contributed by atoms with Crippen molar-refractivity contribution in [2.24, 2.45) is 5.92 Å². The summed E-state index contributed by atoms with van der Waals surface area (Å²) in [6, 6.07) is 0. The number of nitrogens with zero attached hydrogens (tertiary/aromatic N) is 7. The molecule has 2 aliphatic rings. The van der Waals surface area contributed by atoms with Crippen LogP contribution in [-0.2, 0) is 11.3 Å². The molecule has 0 amide bonds. The lowest BCUT2D eigenvalue weighted by Gasteiger charge is -2.28. The molecule has 3 aromatic rings. The summed E-state index contributed by atoms with van der Waals surface area (Å²) in [5.41, 5.74) is 8.04. The first-order valence-corrected chi connectivity index (χ1v) is 9.62. The number of hydrogen-bond donors (Lipinski definition) is 2. The molecule has 1 atom stereocenters. The van der Waals surface area contributed by atoms with E-state index >= 15 is 0 Å². The Morgan fingerprint density at radius 1 is 1.14 bits per heavy atom. The standard InChI is InChI=1S/C18H23N9O/c19-18-21-8-13(9-22-18)15-24-16(26-3-5-28-6-4-26)14-17(25-15)27(11-23-14)10-12-1-2-20-7-12/h8-9,11-12,20H,1-7,10H2,(H2,19,21,22). The number of nitrogens with two attached hydrogens (primary N) is 1.